The van der Waals surface area contributed by atoms with Crippen LogP contribution in [0.3, 0.4) is 0 Å². The molecule has 5 nitrogen and oxygen atoms in total. The van der Waals surface area contributed by atoms with Crippen molar-refractivity contribution in [3.05, 3.63) is 16.1 Å². The van der Waals surface area contributed by atoms with E-state index in [2.05, 4.69) is 4.98 Å². The summed E-state index contributed by atoms with van der Waals surface area (Å²) in [6, 6.07) is 0. The molecular formula is C9H13N3O2S. The van der Waals surface area contributed by atoms with Crippen LogP contribution in [0.2, 0.25) is 0 Å². The number of hydrogen-bond acceptors (Lipinski definition) is 5. The maximum Gasteiger partial charge on any atom is 0.273 e. The van der Waals surface area contributed by atoms with E-state index in [0.717, 1.165) is 5.01 Å². The summed E-state index contributed by atoms with van der Waals surface area (Å²) in [7, 11) is 0. The van der Waals surface area contributed by atoms with Crippen LogP contribution in [0.4, 0.5) is 0 Å². The summed E-state index contributed by atoms with van der Waals surface area (Å²) in [4.78, 5) is 17.4. The molecular weight excluding hydrogens is 214 g/mol. The monoisotopic (exact) mass is 227 g/mol. The van der Waals surface area contributed by atoms with Crippen LogP contribution in [0.25, 0.3) is 0 Å². The zero-order valence-corrected chi connectivity index (χ0v) is 9.25. The smallest absolute Gasteiger partial charge is 0.273 e. The van der Waals surface area contributed by atoms with Crippen molar-refractivity contribution in [2.24, 2.45) is 5.73 Å². The number of hydrogen-bond donors (Lipinski definition) is 2. The summed E-state index contributed by atoms with van der Waals surface area (Å²) in [5.41, 5.74) is 5.11. The molecule has 1 aliphatic rings. The third-order valence-corrected chi connectivity index (χ3v) is 3.17. The van der Waals surface area contributed by atoms with Gasteiger partial charge in [0.25, 0.3) is 5.91 Å². The molecule has 1 saturated heterocycles. The predicted molar refractivity (Wildman–Crippen MR) is 56.5 cm³/mol. The molecule has 0 radical (unpaired) electrons. The van der Waals surface area contributed by atoms with Gasteiger partial charge < -0.3 is 15.7 Å². The Kier molecular flexibility index (Phi) is 2.49. The van der Waals surface area contributed by atoms with Crippen LogP contribution < -0.4 is 5.73 Å². The van der Waals surface area contributed by atoms with Gasteiger partial charge in [0, 0.05) is 11.9 Å². The highest BCUT2D eigenvalue weighted by Gasteiger charge is 2.40. The van der Waals surface area contributed by atoms with Crippen LogP contribution in [0, 0.1) is 0 Å². The first-order valence-corrected chi connectivity index (χ1v) is 5.56. The molecule has 1 amide bonds. The molecule has 2 heterocycles. The summed E-state index contributed by atoms with van der Waals surface area (Å²) in [6.07, 6.45) is 0. The Balaban J connectivity index is 2.03. The standard InChI is InChI=1S/C9H13N3O2S/c1-9(14)4-12(5-9)8(13)6-3-15-7(2-10)11-6/h3,14H,2,4-5,10H2,1H3. The predicted octanol–water partition coefficient (Wildman–Crippen LogP) is -0.191. The minimum Gasteiger partial charge on any atom is -0.386 e. The summed E-state index contributed by atoms with van der Waals surface area (Å²) in [5, 5.41) is 12.0. The Hall–Kier alpha value is -0.980. The van der Waals surface area contributed by atoms with E-state index < -0.39 is 5.60 Å². The topological polar surface area (TPSA) is 79.5 Å². The number of amides is 1. The molecule has 0 saturated carbocycles. The van der Waals surface area contributed by atoms with E-state index in [1.165, 1.54) is 11.3 Å². The Morgan fingerprint density at radius 2 is 2.47 bits per heavy atom. The number of nitrogens with two attached hydrogens (primary N) is 1. The summed E-state index contributed by atoms with van der Waals surface area (Å²) < 4.78 is 0. The quantitative estimate of drug-likeness (QED) is 0.734. The molecule has 15 heavy (non-hydrogen) atoms. The van der Waals surface area contributed by atoms with Crippen molar-refractivity contribution in [1.82, 2.24) is 9.88 Å². The van der Waals surface area contributed by atoms with Gasteiger partial charge in [-0.25, -0.2) is 4.98 Å². The van der Waals surface area contributed by atoms with E-state index in [-0.39, 0.29) is 5.91 Å². The molecule has 0 bridgehead atoms. The van der Waals surface area contributed by atoms with Gasteiger partial charge in [-0.2, -0.15) is 0 Å². The Morgan fingerprint density at radius 3 is 2.93 bits per heavy atom. The molecule has 0 spiro atoms. The average Bonchev–Trinajstić information content (AvgIpc) is 2.61. The highest BCUT2D eigenvalue weighted by Crippen LogP contribution is 2.22. The SMILES string of the molecule is CC1(O)CN(C(=O)c2csc(CN)n2)C1. The Labute approximate surface area is 91.5 Å². The van der Waals surface area contributed by atoms with Gasteiger partial charge in [-0.3, -0.25) is 4.79 Å². The number of likely N-dealkylation sites (tertiary alicyclic amines) is 1. The minimum atomic E-state index is -0.734. The van der Waals surface area contributed by atoms with E-state index in [1.807, 2.05) is 0 Å². The zero-order chi connectivity index (χ0) is 11.1. The van der Waals surface area contributed by atoms with E-state index >= 15 is 0 Å². The number of thiazole rings is 1. The van der Waals surface area contributed by atoms with Crippen molar-refractivity contribution < 1.29 is 9.90 Å². The fourth-order valence-corrected chi connectivity index (χ4v) is 2.23. The maximum atomic E-state index is 11.8. The van der Waals surface area contributed by atoms with Gasteiger partial charge in [-0.05, 0) is 6.92 Å². The molecule has 1 aliphatic heterocycles. The van der Waals surface area contributed by atoms with Crippen molar-refractivity contribution >= 4 is 17.2 Å². The largest absolute Gasteiger partial charge is 0.386 e. The number of aliphatic hydroxyl groups is 1. The van der Waals surface area contributed by atoms with Crippen LogP contribution in [-0.2, 0) is 6.54 Å². The summed E-state index contributed by atoms with van der Waals surface area (Å²) >= 11 is 1.38. The molecule has 0 aromatic carbocycles. The number of nitrogens with zero attached hydrogens (tertiary/aromatic N) is 2. The number of carbonyl (C=O) groups is 1. The Bertz CT molecular complexity index is 380. The number of aromatic nitrogens is 1. The fraction of sp³-hybridized carbons (Fsp3) is 0.556. The number of rotatable bonds is 2. The second-order valence-electron chi connectivity index (χ2n) is 3.99. The van der Waals surface area contributed by atoms with Crippen molar-refractivity contribution in [1.29, 1.82) is 0 Å². The number of carbonyl (C=O) groups excluding carboxylic acids is 1. The van der Waals surface area contributed by atoms with Crippen molar-refractivity contribution in [2.75, 3.05) is 13.1 Å². The van der Waals surface area contributed by atoms with E-state index in [1.54, 1.807) is 17.2 Å². The maximum absolute atomic E-state index is 11.8. The fourth-order valence-electron chi connectivity index (χ4n) is 1.58. The van der Waals surface area contributed by atoms with Crippen LogP contribution >= 0.6 is 11.3 Å². The lowest BCUT2D eigenvalue weighted by atomic mass is 9.97. The molecule has 1 fully saturated rings. The summed E-state index contributed by atoms with van der Waals surface area (Å²) in [5.74, 6) is -0.127. The second-order valence-corrected chi connectivity index (χ2v) is 4.93. The normalized spacial score (nSPS) is 18.7. The van der Waals surface area contributed by atoms with Gasteiger partial charge in [-0.1, -0.05) is 0 Å². The van der Waals surface area contributed by atoms with E-state index in [4.69, 9.17) is 5.73 Å². The van der Waals surface area contributed by atoms with Gasteiger partial charge in [0.2, 0.25) is 0 Å². The number of β-amino-alcohol motifs (C(OH)–C–C–N with tert-alkyl or cyclic N) is 1. The van der Waals surface area contributed by atoms with E-state index in [9.17, 15) is 9.90 Å². The lowest BCUT2D eigenvalue weighted by molar-refractivity contribution is -0.0670. The lowest BCUT2D eigenvalue weighted by Crippen LogP contribution is -2.61. The third-order valence-electron chi connectivity index (χ3n) is 2.30. The first-order valence-electron chi connectivity index (χ1n) is 4.68. The van der Waals surface area contributed by atoms with Crippen LogP contribution in [0.15, 0.2) is 5.38 Å². The van der Waals surface area contributed by atoms with Gasteiger partial charge >= 0.3 is 0 Å². The first kappa shape index (κ1) is 10.5. The van der Waals surface area contributed by atoms with Gasteiger partial charge in [0.1, 0.15) is 10.7 Å². The molecule has 1 aromatic heterocycles. The van der Waals surface area contributed by atoms with Gasteiger partial charge in [-0.15, -0.1) is 11.3 Å². The molecule has 6 heteroatoms. The van der Waals surface area contributed by atoms with Gasteiger partial charge in [0.05, 0.1) is 18.7 Å². The van der Waals surface area contributed by atoms with Crippen molar-refractivity contribution in [2.45, 2.75) is 19.1 Å². The second kappa shape index (κ2) is 3.55. The first-order chi connectivity index (χ1) is 7.02. The summed E-state index contributed by atoms with van der Waals surface area (Å²) in [6.45, 7) is 2.82. The van der Waals surface area contributed by atoms with Crippen LogP contribution in [0.1, 0.15) is 22.4 Å². The minimum absolute atomic E-state index is 0.127. The van der Waals surface area contributed by atoms with Crippen LogP contribution in [0.5, 0.6) is 0 Å². The molecule has 2 rings (SSSR count). The highest BCUT2D eigenvalue weighted by molar-refractivity contribution is 7.09. The molecule has 3 N–H and O–H groups in total. The molecule has 0 unspecified atom stereocenters. The average molecular weight is 227 g/mol. The van der Waals surface area contributed by atoms with Crippen molar-refractivity contribution in [3.8, 4) is 0 Å². The zero-order valence-electron chi connectivity index (χ0n) is 8.43. The third kappa shape index (κ3) is 2.01. The molecule has 1 aromatic rings. The highest BCUT2D eigenvalue weighted by atomic mass is 32.1. The molecule has 0 aliphatic carbocycles. The van der Waals surface area contributed by atoms with E-state index in [0.29, 0.717) is 25.3 Å². The molecule has 82 valence electrons. The molecule has 0 atom stereocenters. The lowest BCUT2D eigenvalue weighted by Gasteiger charge is -2.43. The Morgan fingerprint density at radius 1 is 1.80 bits per heavy atom. The van der Waals surface area contributed by atoms with Crippen molar-refractivity contribution in [3.63, 3.8) is 0 Å². The van der Waals surface area contributed by atoms with Crippen LogP contribution in [-0.4, -0.2) is 39.6 Å². The van der Waals surface area contributed by atoms with Gasteiger partial charge in [0.15, 0.2) is 0 Å².